The molecule has 1 aliphatic carbocycles. The normalized spacial score (nSPS) is 22.8. The number of hydrogen-bond acceptors (Lipinski definition) is 2. The lowest BCUT2D eigenvalue weighted by molar-refractivity contribution is 0.163. The Morgan fingerprint density at radius 2 is 2.00 bits per heavy atom. The number of fused-ring (bicyclic) bond motifs is 1. The number of rotatable bonds is 1. The quantitative estimate of drug-likeness (QED) is 0.835. The highest BCUT2D eigenvalue weighted by molar-refractivity contribution is 5.93. The largest absolute Gasteiger partial charge is 0.388 e. The lowest BCUT2D eigenvalue weighted by Crippen LogP contribution is -2.47. The predicted molar refractivity (Wildman–Crippen MR) is 78.7 cm³/mol. The average molecular weight is 292 g/mol. The van der Waals surface area contributed by atoms with E-state index in [1.807, 2.05) is 0 Å². The monoisotopic (exact) mass is 292 g/mol. The molecule has 3 rings (SSSR count). The third-order valence-corrected chi connectivity index (χ3v) is 4.44. The minimum atomic E-state index is -0.700. The van der Waals surface area contributed by atoms with E-state index >= 15 is 0 Å². The summed E-state index contributed by atoms with van der Waals surface area (Å²) in [4.78, 5) is 14.1. The van der Waals surface area contributed by atoms with E-state index in [1.165, 1.54) is 18.6 Å². The maximum Gasteiger partial charge on any atom is 0.322 e. The number of halogens is 1. The van der Waals surface area contributed by atoms with Crippen LogP contribution in [0.5, 0.6) is 0 Å². The van der Waals surface area contributed by atoms with Crippen molar-refractivity contribution in [1.29, 1.82) is 0 Å². The molecule has 1 unspecified atom stereocenters. The minimum Gasteiger partial charge on any atom is -0.388 e. The number of carbonyl (C=O) groups excluding carboxylic acids is 1. The van der Waals surface area contributed by atoms with Gasteiger partial charge in [-0.05, 0) is 37.5 Å². The average Bonchev–Trinajstić information content (AvgIpc) is 2.49. The summed E-state index contributed by atoms with van der Waals surface area (Å²) in [5, 5.41) is 13.1. The number of aliphatic hydroxyl groups is 1. The molecule has 2 amide bonds. The number of nitrogens with zero attached hydrogens (tertiary/aromatic N) is 1. The Hall–Kier alpha value is -1.62. The molecule has 1 heterocycles. The molecule has 0 radical (unpaired) electrons. The number of urea groups is 1. The summed E-state index contributed by atoms with van der Waals surface area (Å²) in [5.74, 6) is -0.387. The van der Waals surface area contributed by atoms with Crippen molar-refractivity contribution in [2.75, 3.05) is 11.4 Å². The summed E-state index contributed by atoms with van der Waals surface area (Å²) in [6, 6.07) is 4.33. The topological polar surface area (TPSA) is 52.6 Å². The van der Waals surface area contributed by atoms with Crippen LogP contribution >= 0.6 is 0 Å². The lowest BCUT2D eigenvalue weighted by Gasteiger charge is -2.34. The van der Waals surface area contributed by atoms with Crippen molar-refractivity contribution in [1.82, 2.24) is 5.32 Å². The van der Waals surface area contributed by atoms with Crippen molar-refractivity contribution in [3.63, 3.8) is 0 Å². The molecule has 1 fully saturated rings. The van der Waals surface area contributed by atoms with Gasteiger partial charge < -0.3 is 10.4 Å². The van der Waals surface area contributed by atoms with Crippen LogP contribution in [0.1, 0.15) is 50.2 Å². The zero-order valence-electron chi connectivity index (χ0n) is 12.0. The highest BCUT2D eigenvalue weighted by Crippen LogP contribution is 2.34. The first-order chi connectivity index (χ1) is 10.1. The van der Waals surface area contributed by atoms with Gasteiger partial charge in [0.25, 0.3) is 0 Å². The van der Waals surface area contributed by atoms with E-state index < -0.39 is 6.10 Å². The van der Waals surface area contributed by atoms with Gasteiger partial charge in [-0.15, -0.1) is 0 Å². The third-order valence-electron chi connectivity index (χ3n) is 4.44. The highest BCUT2D eigenvalue weighted by atomic mass is 19.1. The first-order valence-electron chi connectivity index (χ1n) is 7.70. The second-order valence-corrected chi connectivity index (χ2v) is 5.94. The van der Waals surface area contributed by atoms with Crippen LogP contribution < -0.4 is 10.2 Å². The fourth-order valence-corrected chi connectivity index (χ4v) is 3.28. The van der Waals surface area contributed by atoms with Crippen molar-refractivity contribution < 1.29 is 14.3 Å². The third kappa shape index (κ3) is 3.02. The van der Waals surface area contributed by atoms with Gasteiger partial charge in [-0.1, -0.05) is 19.3 Å². The molecule has 4 nitrogen and oxygen atoms in total. The molecular formula is C16H21FN2O2. The first kappa shape index (κ1) is 14.3. The molecule has 21 heavy (non-hydrogen) atoms. The van der Waals surface area contributed by atoms with Crippen molar-refractivity contribution >= 4 is 11.7 Å². The summed E-state index contributed by atoms with van der Waals surface area (Å²) in [7, 11) is 0. The number of amides is 2. The van der Waals surface area contributed by atoms with E-state index in [1.54, 1.807) is 11.0 Å². The molecule has 1 atom stereocenters. The number of anilines is 1. The molecule has 1 aromatic rings. The predicted octanol–water partition coefficient (Wildman–Crippen LogP) is 3.11. The van der Waals surface area contributed by atoms with Crippen LogP contribution in [0.2, 0.25) is 0 Å². The molecule has 1 saturated carbocycles. The van der Waals surface area contributed by atoms with Gasteiger partial charge in [0.2, 0.25) is 0 Å². The standard InChI is InChI=1S/C16H21FN2O2/c17-11-6-7-14-13(10-11)15(20)8-9-19(14)16(21)18-12-4-2-1-3-5-12/h6-7,10,12,15,20H,1-5,8-9H2,(H,18,21). The summed E-state index contributed by atoms with van der Waals surface area (Å²) < 4.78 is 13.3. The van der Waals surface area contributed by atoms with Crippen LogP contribution in [0.4, 0.5) is 14.9 Å². The molecule has 1 aromatic carbocycles. The van der Waals surface area contributed by atoms with Gasteiger partial charge in [-0.2, -0.15) is 0 Å². The maximum absolute atomic E-state index is 13.3. The van der Waals surface area contributed by atoms with E-state index in [-0.39, 0.29) is 17.9 Å². The molecule has 5 heteroatoms. The summed E-state index contributed by atoms with van der Waals surface area (Å²) in [5.41, 5.74) is 1.11. The van der Waals surface area contributed by atoms with Crippen molar-refractivity contribution in [3.8, 4) is 0 Å². The van der Waals surface area contributed by atoms with E-state index in [0.717, 1.165) is 25.7 Å². The van der Waals surface area contributed by atoms with Crippen LogP contribution in [0.15, 0.2) is 18.2 Å². The van der Waals surface area contributed by atoms with Gasteiger partial charge in [0.05, 0.1) is 11.8 Å². The van der Waals surface area contributed by atoms with Gasteiger partial charge in [0.15, 0.2) is 0 Å². The molecule has 0 bridgehead atoms. The van der Waals surface area contributed by atoms with Crippen LogP contribution in [0, 0.1) is 5.82 Å². The molecule has 0 spiro atoms. The summed E-state index contributed by atoms with van der Waals surface area (Å²) in [6.07, 6.45) is 5.35. The zero-order valence-corrected chi connectivity index (χ0v) is 12.0. The maximum atomic E-state index is 13.3. The second-order valence-electron chi connectivity index (χ2n) is 5.94. The van der Waals surface area contributed by atoms with Crippen molar-refractivity contribution in [2.24, 2.45) is 0 Å². The highest BCUT2D eigenvalue weighted by Gasteiger charge is 2.29. The fraction of sp³-hybridized carbons (Fsp3) is 0.562. The summed E-state index contributed by atoms with van der Waals surface area (Å²) in [6.45, 7) is 0.457. The Kier molecular flexibility index (Phi) is 4.10. The zero-order chi connectivity index (χ0) is 14.8. The molecule has 2 aliphatic rings. The Morgan fingerprint density at radius 3 is 2.76 bits per heavy atom. The fourth-order valence-electron chi connectivity index (χ4n) is 3.28. The number of nitrogens with one attached hydrogen (secondary N) is 1. The van der Waals surface area contributed by atoms with Crippen LogP contribution in [-0.2, 0) is 0 Å². The first-order valence-corrected chi connectivity index (χ1v) is 7.70. The lowest BCUT2D eigenvalue weighted by atomic mass is 9.95. The number of aliphatic hydroxyl groups excluding tert-OH is 1. The molecular weight excluding hydrogens is 271 g/mol. The van der Waals surface area contributed by atoms with Crippen molar-refractivity contribution in [3.05, 3.63) is 29.6 Å². The van der Waals surface area contributed by atoms with Crippen LogP contribution in [-0.4, -0.2) is 23.7 Å². The minimum absolute atomic E-state index is 0.137. The number of carbonyl (C=O) groups is 1. The SMILES string of the molecule is O=C(NC1CCCCC1)N1CCC(O)c2cc(F)ccc21. The van der Waals surface area contributed by atoms with Crippen LogP contribution in [0.3, 0.4) is 0 Å². The summed E-state index contributed by atoms with van der Waals surface area (Å²) >= 11 is 0. The Labute approximate surface area is 124 Å². The number of hydrogen-bond donors (Lipinski definition) is 2. The number of benzene rings is 1. The molecule has 0 saturated heterocycles. The Bertz CT molecular complexity index is 529. The van der Waals surface area contributed by atoms with Gasteiger partial charge in [-0.25, -0.2) is 9.18 Å². The van der Waals surface area contributed by atoms with Crippen LogP contribution in [0.25, 0.3) is 0 Å². The van der Waals surface area contributed by atoms with E-state index in [4.69, 9.17) is 0 Å². The van der Waals surface area contributed by atoms with Crippen molar-refractivity contribution in [2.45, 2.75) is 50.7 Å². The Morgan fingerprint density at radius 1 is 1.24 bits per heavy atom. The Balaban J connectivity index is 1.76. The van der Waals surface area contributed by atoms with Gasteiger partial charge >= 0.3 is 6.03 Å². The molecule has 114 valence electrons. The van der Waals surface area contributed by atoms with E-state index in [2.05, 4.69) is 5.32 Å². The van der Waals surface area contributed by atoms with Gasteiger partial charge in [0.1, 0.15) is 5.82 Å². The van der Waals surface area contributed by atoms with E-state index in [0.29, 0.717) is 24.2 Å². The van der Waals surface area contributed by atoms with Gasteiger partial charge in [0, 0.05) is 18.2 Å². The molecule has 1 aliphatic heterocycles. The van der Waals surface area contributed by atoms with Gasteiger partial charge in [-0.3, -0.25) is 4.90 Å². The van der Waals surface area contributed by atoms with E-state index in [9.17, 15) is 14.3 Å². The second kappa shape index (κ2) is 6.02. The smallest absolute Gasteiger partial charge is 0.322 e. The molecule has 0 aromatic heterocycles. The molecule has 2 N–H and O–H groups in total.